The van der Waals surface area contributed by atoms with E-state index in [2.05, 4.69) is 29.8 Å². The molecule has 0 unspecified atom stereocenters. The molecule has 0 aliphatic carbocycles. The molecule has 56 valence electrons. The molecule has 0 aromatic heterocycles. The van der Waals surface area contributed by atoms with Crippen molar-refractivity contribution in [3.63, 3.8) is 0 Å². The first-order valence-corrected chi connectivity index (χ1v) is 4.99. The van der Waals surface area contributed by atoms with Gasteiger partial charge in [0.2, 0.25) is 0 Å². The highest BCUT2D eigenvalue weighted by molar-refractivity contribution is 9.09. The highest BCUT2D eigenvalue weighted by Gasteiger charge is 1.97. The van der Waals surface area contributed by atoms with E-state index >= 15 is 0 Å². The van der Waals surface area contributed by atoms with E-state index < -0.39 is 0 Å². The Balaban J connectivity index is 2.95. The van der Waals surface area contributed by atoms with Crippen LogP contribution >= 0.6 is 15.9 Å². The molecule has 0 rings (SSSR count). The summed E-state index contributed by atoms with van der Waals surface area (Å²) in [5.74, 6) is 0.921. The summed E-state index contributed by atoms with van der Waals surface area (Å²) in [7, 11) is 0. The first kappa shape index (κ1) is 9.48. The summed E-state index contributed by atoms with van der Waals surface area (Å²) in [6.45, 7) is 4.58. The lowest BCUT2D eigenvalue weighted by Crippen LogP contribution is -1.94. The third-order valence-corrected chi connectivity index (χ3v) is 2.11. The van der Waals surface area contributed by atoms with Gasteiger partial charge in [-0.3, -0.25) is 0 Å². The quantitative estimate of drug-likeness (QED) is 0.585. The summed E-state index contributed by atoms with van der Waals surface area (Å²) in [6, 6.07) is 0. The van der Waals surface area contributed by atoms with Crippen molar-refractivity contribution < 1.29 is 0 Å². The SMILES string of the molecule is CCCC[C@H](C)CCBr. The summed E-state index contributed by atoms with van der Waals surface area (Å²) >= 11 is 3.44. The first-order chi connectivity index (χ1) is 4.31. The monoisotopic (exact) mass is 192 g/mol. The van der Waals surface area contributed by atoms with E-state index in [9.17, 15) is 0 Å². The maximum absolute atomic E-state index is 3.44. The molecular weight excluding hydrogens is 176 g/mol. The van der Waals surface area contributed by atoms with Crippen molar-refractivity contribution in [1.29, 1.82) is 0 Å². The highest BCUT2D eigenvalue weighted by atomic mass is 79.9. The number of halogens is 1. The maximum atomic E-state index is 3.44. The van der Waals surface area contributed by atoms with Gasteiger partial charge in [0.15, 0.2) is 0 Å². The second-order valence-electron chi connectivity index (χ2n) is 2.73. The third kappa shape index (κ3) is 6.36. The average Bonchev–Trinajstić information content (AvgIpc) is 1.85. The molecule has 0 aliphatic rings. The normalized spacial score (nSPS) is 13.7. The van der Waals surface area contributed by atoms with Crippen LogP contribution in [0.1, 0.15) is 39.5 Å². The Morgan fingerprint density at radius 2 is 2.00 bits per heavy atom. The van der Waals surface area contributed by atoms with Gasteiger partial charge in [0.25, 0.3) is 0 Å². The van der Waals surface area contributed by atoms with Crippen molar-refractivity contribution in [3.8, 4) is 0 Å². The lowest BCUT2D eigenvalue weighted by atomic mass is 10.0. The summed E-state index contributed by atoms with van der Waals surface area (Å²) in [6.07, 6.45) is 5.48. The number of hydrogen-bond acceptors (Lipinski definition) is 0. The zero-order valence-electron chi connectivity index (χ0n) is 6.49. The molecule has 0 saturated heterocycles. The van der Waals surface area contributed by atoms with Crippen LogP contribution < -0.4 is 0 Å². The largest absolute Gasteiger partial charge is 0.0928 e. The number of alkyl halides is 1. The second-order valence-corrected chi connectivity index (χ2v) is 3.52. The van der Waals surface area contributed by atoms with Crippen LogP contribution in [0.15, 0.2) is 0 Å². The summed E-state index contributed by atoms with van der Waals surface area (Å²) < 4.78 is 0. The van der Waals surface area contributed by atoms with E-state index in [1.54, 1.807) is 0 Å². The molecule has 0 aliphatic heterocycles. The van der Waals surface area contributed by atoms with Crippen molar-refractivity contribution in [2.45, 2.75) is 39.5 Å². The molecule has 0 aromatic carbocycles. The van der Waals surface area contributed by atoms with Gasteiger partial charge in [-0.15, -0.1) is 0 Å². The van der Waals surface area contributed by atoms with E-state index in [1.165, 1.54) is 25.7 Å². The van der Waals surface area contributed by atoms with Crippen molar-refractivity contribution in [3.05, 3.63) is 0 Å². The average molecular weight is 193 g/mol. The van der Waals surface area contributed by atoms with Crippen molar-refractivity contribution >= 4 is 15.9 Å². The molecule has 0 heterocycles. The molecule has 0 N–H and O–H groups in total. The minimum atomic E-state index is 0.921. The zero-order chi connectivity index (χ0) is 7.11. The predicted octanol–water partition coefficient (Wildman–Crippen LogP) is 3.60. The van der Waals surface area contributed by atoms with Crippen LogP contribution in [0.2, 0.25) is 0 Å². The molecule has 0 fully saturated rings. The molecule has 0 amide bonds. The molecule has 0 nitrogen and oxygen atoms in total. The molecule has 9 heavy (non-hydrogen) atoms. The molecule has 0 bridgehead atoms. The van der Waals surface area contributed by atoms with Crippen LogP contribution in [0.25, 0.3) is 0 Å². The van der Waals surface area contributed by atoms with Gasteiger partial charge in [-0.1, -0.05) is 49.0 Å². The molecule has 1 atom stereocenters. The van der Waals surface area contributed by atoms with Gasteiger partial charge in [-0.05, 0) is 12.3 Å². The lowest BCUT2D eigenvalue weighted by molar-refractivity contribution is 0.496. The van der Waals surface area contributed by atoms with Gasteiger partial charge in [-0.2, -0.15) is 0 Å². The smallest absolute Gasteiger partial charge is 0.00338 e. The third-order valence-electron chi connectivity index (χ3n) is 1.65. The summed E-state index contributed by atoms with van der Waals surface area (Å²) in [4.78, 5) is 0. The van der Waals surface area contributed by atoms with Crippen LogP contribution in [0.4, 0.5) is 0 Å². The van der Waals surface area contributed by atoms with E-state index in [0.717, 1.165) is 11.2 Å². The fourth-order valence-corrected chi connectivity index (χ4v) is 1.66. The van der Waals surface area contributed by atoms with Crippen molar-refractivity contribution in [1.82, 2.24) is 0 Å². The predicted molar refractivity (Wildman–Crippen MR) is 47.1 cm³/mol. The van der Waals surface area contributed by atoms with Gasteiger partial charge in [-0.25, -0.2) is 0 Å². The lowest BCUT2D eigenvalue weighted by Gasteiger charge is -2.06. The fraction of sp³-hybridized carbons (Fsp3) is 1.00. The number of rotatable bonds is 5. The van der Waals surface area contributed by atoms with Gasteiger partial charge in [0.1, 0.15) is 0 Å². The van der Waals surface area contributed by atoms with E-state index in [4.69, 9.17) is 0 Å². The number of unbranched alkanes of at least 4 members (excludes halogenated alkanes) is 1. The Morgan fingerprint density at radius 1 is 1.33 bits per heavy atom. The Kier molecular flexibility index (Phi) is 6.95. The number of hydrogen-bond donors (Lipinski definition) is 0. The Bertz CT molecular complexity index is 52.5. The minimum absolute atomic E-state index is 0.921. The second kappa shape index (κ2) is 6.60. The van der Waals surface area contributed by atoms with E-state index in [1.807, 2.05) is 0 Å². The van der Waals surface area contributed by atoms with Crippen LogP contribution in [0.3, 0.4) is 0 Å². The first-order valence-electron chi connectivity index (χ1n) is 3.87. The van der Waals surface area contributed by atoms with Crippen molar-refractivity contribution in [2.24, 2.45) is 5.92 Å². The topological polar surface area (TPSA) is 0 Å². The summed E-state index contributed by atoms with van der Waals surface area (Å²) in [5.41, 5.74) is 0. The molecule has 0 radical (unpaired) electrons. The standard InChI is InChI=1S/C8H17Br/c1-3-4-5-8(2)6-7-9/h8H,3-7H2,1-2H3/t8-/m0/s1. The Labute approximate surface area is 67.2 Å². The minimum Gasteiger partial charge on any atom is -0.0928 e. The van der Waals surface area contributed by atoms with Gasteiger partial charge >= 0.3 is 0 Å². The van der Waals surface area contributed by atoms with E-state index in [-0.39, 0.29) is 0 Å². The molecule has 1 heteroatoms. The van der Waals surface area contributed by atoms with Crippen LogP contribution in [0, 0.1) is 5.92 Å². The molecule has 0 saturated carbocycles. The summed E-state index contributed by atoms with van der Waals surface area (Å²) in [5, 5.41) is 1.16. The van der Waals surface area contributed by atoms with Crippen LogP contribution in [-0.4, -0.2) is 5.33 Å². The Morgan fingerprint density at radius 3 is 2.44 bits per heavy atom. The molecule has 0 aromatic rings. The Hall–Kier alpha value is 0.480. The molecular formula is C8H17Br. The van der Waals surface area contributed by atoms with Gasteiger partial charge in [0.05, 0.1) is 0 Å². The molecule has 0 spiro atoms. The fourth-order valence-electron chi connectivity index (χ4n) is 0.883. The van der Waals surface area contributed by atoms with E-state index in [0.29, 0.717) is 0 Å². The van der Waals surface area contributed by atoms with Gasteiger partial charge in [0, 0.05) is 5.33 Å². The highest BCUT2D eigenvalue weighted by Crippen LogP contribution is 2.12. The van der Waals surface area contributed by atoms with Crippen LogP contribution in [0.5, 0.6) is 0 Å². The van der Waals surface area contributed by atoms with Crippen LogP contribution in [-0.2, 0) is 0 Å². The maximum Gasteiger partial charge on any atom is 0.00338 e. The zero-order valence-corrected chi connectivity index (χ0v) is 8.08. The van der Waals surface area contributed by atoms with Crippen molar-refractivity contribution in [2.75, 3.05) is 5.33 Å². The van der Waals surface area contributed by atoms with Gasteiger partial charge < -0.3 is 0 Å².